The molecule has 1 aromatic rings. The quantitative estimate of drug-likeness (QED) is 0.113. The summed E-state index contributed by atoms with van der Waals surface area (Å²) in [6, 6.07) is 2.77. The molecular formula is C33H58N2O7Si. The highest BCUT2D eigenvalue weighted by Gasteiger charge is 2.37. The molecule has 0 aromatic carbocycles. The smallest absolute Gasteiger partial charge is 0.408 e. The Morgan fingerprint density at radius 2 is 1.35 bits per heavy atom. The van der Waals surface area contributed by atoms with E-state index >= 15 is 0 Å². The topological polar surface area (TPSA) is 113 Å². The lowest BCUT2D eigenvalue weighted by Crippen LogP contribution is -2.48. The zero-order chi connectivity index (χ0) is 33.4. The molecule has 1 aromatic heterocycles. The van der Waals surface area contributed by atoms with Gasteiger partial charge in [0.15, 0.2) is 8.32 Å². The molecule has 0 aliphatic heterocycles. The van der Waals surface area contributed by atoms with Crippen molar-refractivity contribution in [2.24, 2.45) is 5.92 Å². The summed E-state index contributed by atoms with van der Waals surface area (Å²) in [5.41, 5.74) is -0.541. The molecular weight excluding hydrogens is 564 g/mol. The van der Waals surface area contributed by atoms with E-state index in [1.807, 2.05) is 18.3 Å². The molecule has 0 spiro atoms. The summed E-state index contributed by atoms with van der Waals surface area (Å²) < 4.78 is 23.0. The van der Waals surface area contributed by atoms with Crippen LogP contribution in [0.25, 0.3) is 0 Å². The molecule has 0 aliphatic rings. The molecule has 0 radical (unpaired) electrons. The van der Waals surface area contributed by atoms with Gasteiger partial charge in [-0.25, -0.2) is 9.59 Å². The minimum Gasteiger partial charge on any atom is -0.460 e. The van der Waals surface area contributed by atoms with Gasteiger partial charge in [0.2, 0.25) is 0 Å². The lowest BCUT2D eigenvalue weighted by molar-refractivity contribution is -0.162. The molecule has 9 nitrogen and oxygen atoms in total. The Balaban J connectivity index is 3.10. The van der Waals surface area contributed by atoms with Crippen LogP contribution in [0.2, 0.25) is 18.1 Å². The molecule has 1 N–H and O–H groups in total. The van der Waals surface area contributed by atoms with Crippen molar-refractivity contribution in [2.45, 2.75) is 150 Å². The van der Waals surface area contributed by atoms with Crippen molar-refractivity contribution < 1.29 is 33.0 Å². The van der Waals surface area contributed by atoms with Crippen molar-refractivity contribution in [1.82, 2.24) is 10.3 Å². The van der Waals surface area contributed by atoms with Crippen molar-refractivity contribution in [3.63, 3.8) is 0 Å². The molecule has 0 saturated heterocycles. The number of ether oxygens (including phenoxy) is 3. The molecule has 0 aliphatic carbocycles. The highest BCUT2D eigenvalue weighted by molar-refractivity contribution is 6.74. The van der Waals surface area contributed by atoms with Crippen LogP contribution in [0.1, 0.15) is 107 Å². The molecule has 0 bridgehead atoms. The Kier molecular flexibility index (Phi) is 13.5. The van der Waals surface area contributed by atoms with Gasteiger partial charge < -0.3 is 24.0 Å². The first-order valence-corrected chi connectivity index (χ1v) is 18.2. The van der Waals surface area contributed by atoms with Gasteiger partial charge in [-0.3, -0.25) is 9.78 Å². The lowest BCUT2D eigenvalue weighted by atomic mass is 9.93. The van der Waals surface area contributed by atoms with Gasteiger partial charge in [-0.05, 0) is 111 Å². The average Bonchev–Trinajstić information content (AvgIpc) is 2.77. The van der Waals surface area contributed by atoms with Crippen LogP contribution in [-0.2, 0) is 41.1 Å². The Morgan fingerprint density at radius 1 is 0.814 bits per heavy atom. The molecule has 2 atom stereocenters. The first-order chi connectivity index (χ1) is 19.3. The number of aromatic nitrogens is 1. The summed E-state index contributed by atoms with van der Waals surface area (Å²) in [5, 5.41) is 2.79. The molecule has 10 heteroatoms. The summed E-state index contributed by atoms with van der Waals surface area (Å²) in [4.78, 5) is 43.8. The van der Waals surface area contributed by atoms with E-state index in [2.05, 4.69) is 44.2 Å². The van der Waals surface area contributed by atoms with E-state index in [1.54, 1.807) is 62.3 Å². The van der Waals surface area contributed by atoms with E-state index in [4.69, 9.17) is 18.6 Å². The highest BCUT2D eigenvalue weighted by atomic mass is 28.4. The summed E-state index contributed by atoms with van der Waals surface area (Å²) >= 11 is 0. The number of esters is 2. The van der Waals surface area contributed by atoms with Gasteiger partial charge in [-0.15, -0.1) is 0 Å². The number of alkyl carbamates (subject to hydrolysis) is 1. The van der Waals surface area contributed by atoms with Crippen molar-refractivity contribution >= 4 is 26.3 Å². The number of aryl methyl sites for hydroxylation is 1. The van der Waals surface area contributed by atoms with Crippen LogP contribution in [0.4, 0.5) is 4.79 Å². The fourth-order valence-corrected chi connectivity index (χ4v) is 4.85. The van der Waals surface area contributed by atoms with Gasteiger partial charge in [0.05, 0.1) is 5.92 Å². The predicted octanol–water partition coefficient (Wildman–Crippen LogP) is 7.16. The maximum absolute atomic E-state index is 13.4. The molecule has 43 heavy (non-hydrogen) atoms. The van der Waals surface area contributed by atoms with E-state index in [0.29, 0.717) is 12.3 Å². The molecule has 1 rings (SSSR count). The number of rotatable bonds is 12. The number of carbonyl (C=O) groups excluding carboxylic acids is 3. The number of nitrogens with zero attached hydrogens (tertiary/aromatic N) is 1. The van der Waals surface area contributed by atoms with Gasteiger partial charge in [-0.1, -0.05) is 26.8 Å². The maximum Gasteiger partial charge on any atom is 0.408 e. The second-order valence-electron chi connectivity index (χ2n) is 15.8. The SMILES string of the molecule is CC(C)(C)OC(=O)N[C@@H](C[C@H](Cc1ccc(CCCO[Si](C)(C)C(C)(C)C)cn1)C(=O)OC(C)(C)C)C(=O)OC(C)(C)C. The Bertz CT molecular complexity index is 1060. The first kappa shape index (κ1) is 38.6. The fourth-order valence-electron chi connectivity index (χ4n) is 3.77. The number of nitrogens with one attached hydrogen (secondary N) is 1. The lowest BCUT2D eigenvalue weighted by Gasteiger charge is -2.36. The first-order valence-electron chi connectivity index (χ1n) is 15.3. The number of carbonyl (C=O) groups is 3. The van der Waals surface area contributed by atoms with Crippen molar-refractivity contribution in [3.05, 3.63) is 29.6 Å². The normalized spacial score (nSPS) is 14.5. The van der Waals surface area contributed by atoms with Crippen LogP contribution in [0, 0.1) is 5.92 Å². The predicted molar refractivity (Wildman–Crippen MR) is 172 cm³/mol. The molecule has 0 fully saturated rings. The van der Waals surface area contributed by atoms with Gasteiger partial charge in [0.1, 0.15) is 22.8 Å². The van der Waals surface area contributed by atoms with E-state index in [-0.39, 0.29) is 17.9 Å². The van der Waals surface area contributed by atoms with Crippen LogP contribution in [0.15, 0.2) is 18.3 Å². The summed E-state index contributed by atoms with van der Waals surface area (Å²) in [6.45, 7) is 27.7. The number of pyridine rings is 1. The van der Waals surface area contributed by atoms with E-state index in [0.717, 1.165) is 18.4 Å². The van der Waals surface area contributed by atoms with Gasteiger partial charge in [0, 0.05) is 24.9 Å². The second kappa shape index (κ2) is 15.0. The van der Waals surface area contributed by atoms with E-state index < -0.39 is 55.1 Å². The molecule has 246 valence electrons. The van der Waals surface area contributed by atoms with E-state index in [9.17, 15) is 14.4 Å². The maximum atomic E-state index is 13.4. The van der Waals surface area contributed by atoms with Gasteiger partial charge >= 0.3 is 18.0 Å². The summed E-state index contributed by atoms with van der Waals surface area (Å²) in [5.74, 6) is -1.92. The summed E-state index contributed by atoms with van der Waals surface area (Å²) in [7, 11) is -1.78. The third-order valence-corrected chi connectivity index (χ3v) is 11.4. The number of hydrogen-bond acceptors (Lipinski definition) is 8. The fraction of sp³-hybridized carbons (Fsp3) is 0.758. The monoisotopic (exact) mass is 622 g/mol. The third kappa shape index (κ3) is 15.7. The van der Waals surface area contributed by atoms with Crippen LogP contribution < -0.4 is 5.32 Å². The number of hydrogen-bond donors (Lipinski definition) is 1. The van der Waals surface area contributed by atoms with Crippen LogP contribution in [0.5, 0.6) is 0 Å². The second-order valence-corrected chi connectivity index (χ2v) is 20.6. The molecule has 0 saturated carbocycles. The minimum absolute atomic E-state index is 0.0444. The van der Waals surface area contributed by atoms with E-state index in [1.165, 1.54) is 0 Å². The molecule has 0 unspecified atom stereocenters. The van der Waals surface area contributed by atoms with Gasteiger partial charge in [-0.2, -0.15) is 0 Å². The van der Waals surface area contributed by atoms with Crippen molar-refractivity contribution in [1.29, 1.82) is 0 Å². The standard InChI is InChI=1S/C33H58N2O7Si/c1-30(2,3)40-27(36)24(21-26(28(37)41-31(4,5)6)35-29(38)42-32(7,8)9)20-25-18-17-23(22-34-25)16-15-19-39-43(13,14)33(10,11)12/h17-18,22,24,26H,15-16,19-21H2,1-14H3,(H,35,38)/t24-,26-/m0/s1. The number of amides is 1. The molecule has 1 amide bonds. The van der Waals surface area contributed by atoms with Crippen LogP contribution in [0.3, 0.4) is 0 Å². The zero-order valence-electron chi connectivity index (χ0n) is 29.2. The van der Waals surface area contributed by atoms with Crippen LogP contribution >= 0.6 is 0 Å². The zero-order valence-corrected chi connectivity index (χ0v) is 30.2. The molecule has 1 heterocycles. The Morgan fingerprint density at radius 3 is 1.81 bits per heavy atom. The van der Waals surface area contributed by atoms with Crippen molar-refractivity contribution in [3.8, 4) is 0 Å². The summed E-state index contributed by atoms with van der Waals surface area (Å²) in [6.07, 6.45) is 2.94. The van der Waals surface area contributed by atoms with Crippen LogP contribution in [-0.4, -0.2) is 60.8 Å². The third-order valence-electron chi connectivity index (χ3n) is 6.86. The highest BCUT2D eigenvalue weighted by Crippen LogP contribution is 2.36. The average molecular weight is 623 g/mol. The Labute approximate surface area is 261 Å². The van der Waals surface area contributed by atoms with Crippen molar-refractivity contribution in [2.75, 3.05) is 6.61 Å². The Hall–Kier alpha value is -2.46. The van der Waals surface area contributed by atoms with Gasteiger partial charge in [0.25, 0.3) is 0 Å². The largest absolute Gasteiger partial charge is 0.460 e. The minimum atomic E-state index is -1.78.